The minimum atomic E-state index is 0.765. The van der Waals surface area contributed by atoms with Crippen molar-refractivity contribution in [1.82, 2.24) is 9.80 Å². The Bertz CT molecular complexity index is 230. The third kappa shape index (κ3) is 2.79. The van der Waals surface area contributed by atoms with Gasteiger partial charge in [0.15, 0.2) is 0 Å². The standard InChI is InChI=1S/C12H22N2/c1-10(2)14-7-6-12(9-14)8-11(3)13(4)5/h12H,1,3,6-9H2,2,4-5H3. The Kier molecular flexibility index (Phi) is 3.62. The Labute approximate surface area is 87.9 Å². The maximum absolute atomic E-state index is 4.07. The van der Waals surface area contributed by atoms with E-state index in [9.17, 15) is 0 Å². The summed E-state index contributed by atoms with van der Waals surface area (Å²) in [6.45, 7) is 12.5. The fourth-order valence-corrected chi connectivity index (χ4v) is 1.86. The van der Waals surface area contributed by atoms with Crippen LogP contribution in [0, 0.1) is 5.92 Å². The lowest BCUT2D eigenvalue weighted by molar-refractivity contribution is 0.388. The van der Waals surface area contributed by atoms with Crippen LogP contribution in [0.5, 0.6) is 0 Å². The summed E-state index contributed by atoms with van der Waals surface area (Å²) in [6.07, 6.45) is 2.40. The van der Waals surface area contributed by atoms with Crippen molar-refractivity contribution in [2.45, 2.75) is 19.8 Å². The van der Waals surface area contributed by atoms with Gasteiger partial charge in [-0.2, -0.15) is 0 Å². The summed E-state index contributed by atoms with van der Waals surface area (Å²) in [5.41, 5.74) is 2.43. The average molecular weight is 194 g/mol. The molecule has 0 aromatic rings. The summed E-state index contributed by atoms with van der Waals surface area (Å²) in [5, 5.41) is 0. The molecule has 14 heavy (non-hydrogen) atoms. The van der Waals surface area contributed by atoms with E-state index in [2.05, 4.69) is 44.0 Å². The lowest BCUT2D eigenvalue weighted by Gasteiger charge is -2.20. The van der Waals surface area contributed by atoms with Gasteiger partial charge in [-0.3, -0.25) is 0 Å². The van der Waals surface area contributed by atoms with E-state index >= 15 is 0 Å². The van der Waals surface area contributed by atoms with Crippen molar-refractivity contribution in [1.29, 1.82) is 0 Å². The second kappa shape index (κ2) is 4.54. The molecular formula is C12H22N2. The van der Waals surface area contributed by atoms with Crippen molar-refractivity contribution in [3.63, 3.8) is 0 Å². The average Bonchev–Trinajstić information content (AvgIpc) is 2.52. The summed E-state index contributed by atoms with van der Waals surface area (Å²) in [5.74, 6) is 0.765. The van der Waals surface area contributed by atoms with Gasteiger partial charge in [-0.05, 0) is 25.7 Å². The van der Waals surface area contributed by atoms with E-state index in [0.29, 0.717) is 0 Å². The predicted octanol–water partition coefficient (Wildman–Crippen LogP) is 2.31. The van der Waals surface area contributed by atoms with Crippen LogP contribution in [0.15, 0.2) is 24.6 Å². The quantitative estimate of drug-likeness (QED) is 0.677. The second-order valence-corrected chi connectivity index (χ2v) is 4.50. The van der Waals surface area contributed by atoms with Gasteiger partial charge in [0.1, 0.15) is 0 Å². The van der Waals surface area contributed by atoms with E-state index in [0.717, 1.165) is 18.9 Å². The van der Waals surface area contributed by atoms with E-state index in [1.165, 1.54) is 24.4 Å². The van der Waals surface area contributed by atoms with Crippen LogP contribution >= 0.6 is 0 Å². The molecule has 0 amide bonds. The summed E-state index contributed by atoms with van der Waals surface area (Å²) in [4.78, 5) is 4.48. The van der Waals surface area contributed by atoms with E-state index in [1.807, 2.05) is 0 Å². The zero-order chi connectivity index (χ0) is 10.7. The summed E-state index contributed by atoms with van der Waals surface area (Å²) >= 11 is 0. The van der Waals surface area contributed by atoms with Gasteiger partial charge in [-0.25, -0.2) is 0 Å². The molecule has 0 radical (unpaired) electrons. The molecular weight excluding hydrogens is 172 g/mol. The van der Waals surface area contributed by atoms with Crippen molar-refractivity contribution < 1.29 is 0 Å². The van der Waals surface area contributed by atoms with Crippen LogP contribution < -0.4 is 0 Å². The summed E-state index contributed by atoms with van der Waals surface area (Å²) in [7, 11) is 4.13. The van der Waals surface area contributed by atoms with Gasteiger partial charge < -0.3 is 9.80 Å². The first-order valence-electron chi connectivity index (χ1n) is 5.26. The molecule has 1 heterocycles. The SMILES string of the molecule is C=C(CC1CCN(C(=C)C)C1)N(C)C. The molecule has 1 aliphatic heterocycles. The van der Waals surface area contributed by atoms with Crippen molar-refractivity contribution in [3.05, 3.63) is 24.6 Å². The maximum Gasteiger partial charge on any atom is 0.0207 e. The van der Waals surface area contributed by atoms with Gasteiger partial charge in [-0.1, -0.05) is 13.2 Å². The minimum absolute atomic E-state index is 0.765. The fourth-order valence-electron chi connectivity index (χ4n) is 1.86. The first-order chi connectivity index (χ1) is 6.50. The highest BCUT2D eigenvalue weighted by Gasteiger charge is 2.22. The molecule has 80 valence electrons. The molecule has 1 atom stereocenters. The second-order valence-electron chi connectivity index (χ2n) is 4.50. The number of hydrogen-bond donors (Lipinski definition) is 0. The van der Waals surface area contributed by atoms with E-state index in [1.54, 1.807) is 0 Å². The van der Waals surface area contributed by atoms with Crippen LogP contribution in [-0.4, -0.2) is 37.0 Å². The minimum Gasteiger partial charge on any atom is -0.381 e. The largest absolute Gasteiger partial charge is 0.381 e. The van der Waals surface area contributed by atoms with Gasteiger partial charge >= 0.3 is 0 Å². The van der Waals surface area contributed by atoms with Crippen molar-refractivity contribution in [3.8, 4) is 0 Å². The molecule has 0 N–H and O–H groups in total. The first kappa shape index (κ1) is 11.2. The van der Waals surface area contributed by atoms with Crippen LogP contribution in [0.2, 0.25) is 0 Å². The number of allylic oxidation sites excluding steroid dienone is 2. The predicted molar refractivity (Wildman–Crippen MR) is 61.9 cm³/mol. The van der Waals surface area contributed by atoms with E-state index in [4.69, 9.17) is 0 Å². The Morgan fingerprint density at radius 2 is 2.07 bits per heavy atom. The third-order valence-electron chi connectivity index (χ3n) is 2.98. The Hall–Kier alpha value is -0.920. The molecule has 1 rings (SSSR count). The van der Waals surface area contributed by atoms with Crippen molar-refractivity contribution in [2.75, 3.05) is 27.2 Å². The third-order valence-corrected chi connectivity index (χ3v) is 2.98. The Balaban J connectivity index is 2.36. The molecule has 1 fully saturated rings. The van der Waals surface area contributed by atoms with Crippen LogP contribution in [-0.2, 0) is 0 Å². The molecule has 0 spiro atoms. The Morgan fingerprint density at radius 1 is 1.43 bits per heavy atom. The monoisotopic (exact) mass is 194 g/mol. The molecule has 2 heteroatoms. The van der Waals surface area contributed by atoms with Crippen LogP contribution in [0.25, 0.3) is 0 Å². The molecule has 1 saturated heterocycles. The molecule has 2 nitrogen and oxygen atoms in total. The van der Waals surface area contributed by atoms with Gasteiger partial charge in [0.2, 0.25) is 0 Å². The van der Waals surface area contributed by atoms with Crippen molar-refractivity contribution in [2.24, 2.45) is 5.92 Å². The highest BCUT2D eigenvalue weighted by atomic mass is 15.2. The highest BCUT2D eigenvalue weighted by molar-refractivity contribution is 4.99. The van der Waals surface area contributed by atoms with Crippen molar-refractivity contribution >= 4 is 0 Å². The number of likely N-dealkylation sites (tertiary alicyclic amines) is 1. The van der Waals surface area contributed by atoms with Crippen LogP contribution in [0.4, 0.5) is 0 Å². The number of hydrogen-bond acceptors (Lipinski definition) is 2. The lowest BCUT2D eigenvalue weighted by Crippen LogP contribution is -2.19. The molecule has 0 aromatic heterocycles. The summed E-state index contributed by atoms with van der Waals surface area (Å²) < 4.78 is 0. The van der Waals surface area contributed by atoms with Gasteiger partial charge in [0, 0.05) is 38.6 Å². The topological polar surface area (TPSA) is 6.48 Å². The number of rotatable bonds is 4. The van der Waals surface area contributed by atoms with Crippen LogP contribution in [0.1, 0.15) is 19.8 Å². The summed E-state index contributed by atoms with van der Waals surface area (Å²) in [6, 6.07) is 0. The molecule has 0 saturated carbocycles. The zero-order valence-electron chi connectivity index (χ0n) is 9.71. The first-order valence-corrected chi connectivity index (χ1v) is 5.26. The smallest absolute Gasteiger partial charge is 0.0207 e. The van der Waals surface area contributed by atoms with Gasteiger partial charge in [0.05, 0.1) is 0 Å². The molecule has 1 unspecified atom stereocenters. The zero-order valence-corrected chi connectivity index (χ0v) is 9.71. The normalized spacial score (nSPS) is 21.1. The van der Waals surface area contributed by atoms with Crippen LogP contribution in [0.3, 0.4) is 0 Å². The molecule has 0 aliphatic carbocycles. The van der Waals surface area contributed by atoms with E-state index in [-0.39, 0.29) is 0 Å². The number of nitrogens with zero attached hydrogens (tertiary/aromatic N) is 2. The highest BCUT2D eigenvalue weighted by Crippen LogP contribution is 2.25. The maximum atomic E-state index is 4.07. The molecule has 1 aliphatic rings. The van der Waals surface area contributed by atoms with E-state index < -0.39 is 0 Å². The molecule has 0 aromatic carbocycles. The van der Waals surface area contributed by atoms with Gasteiger partial charge in [-0.15, -0.1) is 0 Å². The fraction of sp³-hybridized carbons (Fsp3) is 0.667. The Morgan fingerprint density at radius 3 is 2.50 bits per heavy atom. The van der Waals surface area contributed by atoms with Gasteiger partial charge in [0.25, 0.3) is 0 Å². The lowest BCUT2D eigenvalue weighted by atomic mass is 10.0. The molecule has 0 bridgehead atoms.